The second-order valence-electron chi connectivity index (χ2n) is 10.5. The molecule has 0 aliphatic heterocycles. The number of hydrogen-bond donors (Lipinski definition) is 2. The van der Waals surface area contributed by atoms with E-state index >= 15 is 0 Å². The van der Waals surface area contributed by atoms with Crippen LogP contribution >= 0.6 is 0 Å². The first-order valence-electron chi connectivity index (χ1n) is 10.8. The van der Waals surface area contributed by atoms with Crippen LogP contribution in [-0.2, 0) is 4.79 Å². The van der Waals surface area contributed by atoms with Crippen LogP contribution in [0.4, 0.5) is 0 Å². The molecule has 2 N–H and O–H groups in total. The van der Waals surface area contributed by atoms with E-state index in [-0.39, 0.29) is 16.9 Å². The van der Waals surface area contributed by atoms with E-state index in [2.05, 4.69) is 19.9 Å². The maximum Gasteiger partial charge on any atom is 0.145 e. The summed E-state index contributed by atoms with van der Waals surface area (Å²) in [5.74, 6) is 1.90. The number of fused-ring (bicyclic) bond motifs is 5. The van der Waals surface area contributed by atoms with Crippen molar-refractivity contribution in [1.82, 2.24) is 0 Å². The van der Waals surface area contributed by atoms with Gasteiger partial charge in [0, 0.05) is 5.41 Å². The summed E-state index contributed by atoms with van der Waals surface area (Å²) in [7, 11) is 0. The number of aliphatic hydroxyl groups excluding tert-OH is 1. The molecule has 4 aliphatic rings. The van der Waals surface area contributed by atoms with Crippen molar-refractivity contribution in [2.45, 2.75) is 90.3 Å². The van der Waals surface area contributed by atoms with Gasteiger partial charge in [-0.05, 0) is 99.4 Å². The SMILES string of the molecule is C/C(C=O)=C\[C@H]1CC[C@]2(O)[C@@H]3CC[C@@H]4C[C@H](O)CC[C@]4(C)[C@H]3CC[C@]12C. The molecule has 0 unspecified atom stereocenters. The van der Waals surface area contributed by atoms with E-state index in [1.807, 2.05) is 6.92 Å². The van der Waals surface area contributed by atoms with Crippen LogP contribution in [0.2, 0.25) is 0 Å². The quantitative estimate of drug-likeness (QED) is 0.571. The molecular weight excluding hydrogens is 324 g/mol. The van der Waals surface area contributed by atoms with E-state index in [1.165, 1.54) is 6.42 Å². The van der Waals surface area contributed by atoms with Crippen LogP contribution in [0.1, 0.15) is 78.6 Å². The van der Waals surface area contributed by atoms with Crippen LogP contribution in [0.5, 0.6) is 0 Å². The number of rotatable bonds is 2. The van der Waals surface area contributed by atoms with Crippen LogP contribution in [0.3, 0.4) is 0 Å². The summed E-state index contributed by atoms with van der Waals surface area (Å²) in [5, 5.41) is 22.2. The van der Waals surface area contributed by atoms with E-state index in [0.29, 0.717) is 23.7 Å². The number of hydrogen-bond acceptors (Lipinski definition) is 3. The molecule has 0 aromatic heterocycles. The first kappa shape index (κ1) is 18.7. The number of aliphatic hydroxyl groups is 2. The number of carbonyl (C=O) groups excluding carboxylic acids is 1. The predicted molar refractivity (Wildman–Crippen MR) is 103 cm³/mol. The largest absolute Gasteiger partial charge is 0.393 e. The maximum atomic E-state index is 12.0. The number of allylic oxidation sites excluding steroid dienone is 2. The Kier molecular flexibility index (Phi) is 4.43. The zero-order chi connectivity index (χ0) is 18.7. The average Bonchev–Trinajstić information content (AvgIpc) is 2.87. The zero-order valence-corrected chi connectivity index (χ0v) is 16.7. The zero-order valence-electron chi connectivity index (χ0n) is 16.7. The fourth-order valence-corrected chi connectivity index (χ4v) is 7.87. The topological polar surface area (TPSA) is 57.5 Å². The van der Waals surface area contributed by atoms with Crippen molar-refractivity contribution in [1.29, 1.82) is 0 Å². The van der Waals surface area contributed by atoms with E-state index in [9.17, 15) is 15.0 Å². The number of aldehydes is 1. The molecule has 146 valence electrons. The lowest BCUT2D eigenvalue weighted by Gasteiger charge is -2.63. The third-order valence-corrected chi connectivity index (χ3v) is 9.55. The summed E-state index contributed by atoms with van der Waals surface area (Å²) in [6.07, 6.45) is 12.3. The molecule has 0 saturated heterocycles. The Hall–Kier alpha value is -0.670. The highest BCUT2D eigenvalue weighted by molar-refractivity contribution is 5.72. The molecule has 3 nitrogen and oxygen atoms in total. The lowest BCUT2D eigenvalue weighted by atomic mass is 9.43. The fourth-order valence-electron chi connectivity index (χ4n) is 7.87. The van der Waals surface area contributed by atoms with Crippen molar-refractivity contribution in [2.75, 3.05) is 0 Å². The average molecular weight is 361 g/mol. The van der Waals surface area contributed by atoms with E-state index in [1.54, 1.807) is 0 Å². The Morgan fingerprint density at radius 1 is 1.00 bits per heavy atom. The first-order valence-corrected chi connectivity index (χ1v) is 10.8. The van der Waals surface area contributed by atoms with Gasteiger partial charge in [-0.15, -0.1) is 0 Å². The molecule has 0 amide bonds. The molecule has 4 rings (SSSR count). The molecule has 0 aromatic carbocycles. The Bertz CT molecular complexity index is 613. The Labute approximate surface area is 158 Å². The van der Waals surface area contributed by atoms with Gasteiger partial charge < -0.3 is 10.2 Å². The summed E-state index contributed by atoms with van der Waals surface area (Å²) in [6.45, 7) is 6.63. The summed E-state index contributed by atoms with van der Waals surface area (Å²) < 4.78 is 0. The van der Waals surface area contributed by atoms with Gasteiger partial charge in [-0.1, -0.05) is 19.9 Å². The molecular formula is C23H36O3. The summed E-state index contributed by atoms with van der Waals surface area (Å²) in [6, 6.07) is 0. The minimum atomic E-state index is -0.593. The molecule has 4 fully saturated rings. The van der Waals surface area contributed by atoms with Crippen LogP contribution in [0, 0.1) is 34.5 Å². The van der Waals surface area contributed by atoms with Gasteiger partial charge in [0.25, 0.3) is 0 Å². The summed E-state index contributed by atoms with van der Waals surface area (Å²) in [4.78, 5) is 11.1. The minimum Gasteiger partial charge on any atom is -0.393 e. The molecule has 4 saturated carbocycles. The van der Waals surface area contributed by atoms with Crippen LogP contribution in [0.15, 0.2) is 11.6 Å². The van der Waals surface area contributed by atoms with Gasteiger partial charge in [0.1, 0.15) is 6.29 Å². The summed E-state index contributed by atoms with van der Waals surface area (Å²) in [5.41, 5.74) is 0.394. The highest BCUT2D eigenvalue weighted by Gasteiger charge is 2.66. The van der Waals surface area contributed by atoms with Gasteiger partial charge in [-0.25, -0.2) is 0 Å². The highest BCUT2D eigenvalue weighted by atomic mass is 16.3. The van der Waals surface area contributed by atoms with Crippen molar-refractivity contribution in [3.8, 4) is 0 Å². The monoisotopic (exact) mass is 360 g/mol. The van der Waals surface area contributed by atoms with E-state index in [0.717, 1.165) is 63.2 Å². The molecule has 3 heteroatoms. The second kappa shape index (κ2) is 6.17. The Morgan fingerprint density at radius 3 is 2.50 bits per heavy atom. The normalized spacial score (nSPS) is 54.2. The smallest absolute Gasteiger partial charge is 0.145 e. The lowest BCUT2D eigenvalue weighted by Crippen LogP contribution is -2.62. The Morgan fingerprint density at radius 2 is 1.77 bits per heavy atom. The van der Waals surface area contributed by atoms with Gasteiger partial charge in [0.15, 0.2) is 0 Å². The molecule has 26 heavy (non-hydrogen) atoms. The second-order valence-corrected chi connectivity index (χ2v) is 10.5. The molecule has 0 aromatic rings. The molecule has 0 heterocycles. The van der Waals surface area contributed by atoms with Crippen molar-refractivity contribution in [3.05, 3.63) is 11.6 Å². The minimum absolute atomic E-state index is 0.101. The molecule has 8 atom stereocenters. The highest BCUT2D eigenvalue weighted by Crippen LogP contribution is 2.69. The summed E-state index contributed by atoms with van der Waals surface area (Å²) >= 11 is 0. The van der Waals surface area contributed by atoms with Crippen LogP contribution < -0.4 is 0 Å². The van der Waals surface area contributed by atoms with Crippen molar-refractivity contribution < 1.29 is 15.0 Å². The molecule has 0 spiro atoms. The number of carbonyl (C=O) groups is 1. The fraction of sp³-hybridized carbons (Fsp3) is 0.870. The van der Waals surface area contributed by atoms with Crippen molar-refractivity contribution >= 4 is 6.29 Å². The van der Waals surface area contributed by atoms with E-state index < -0.39 is 5.60 Å². The maximum absolute atomic E-state index is 12.0. The van der Waals surface area contributed by atoms with Gasteiger partial charge in [0.2, 0.25) is 0 Å². The third kappa shape index (κ3) is 2.42. The van der Waals surface area contributed by atoms with Crippen molar-refractivity contribution in [3.63, 3.8) is 0 Å². The molecule has 0 radical (unpaired) electrons. The first-order chi connectivity index (χ1) is 12.2. The van der Waals surface area contributed by atoms with Gasteiger partial charge in [-0.3, -0.25) is 4.79 Å². The van der Waals surface area contributed by atoms with Crippen LogP contribution in [-0.4, -0.2) is 28.2 Å². The predicted octanol–water partition coefficient (Wildman–Crippen LogP) is 4.27. The van der Waals surface area contributed by atoms with Crippen LogP contribution in [0.25, 0.3) is 0 Å². The lowest BCUT2D eigenvalue weighted by molar-refractivity contribution is -0.207. The standard InChI is InChI=1S/C23H36O3/c1-15(14-24)12-17-6-11-23(26)20-5-4-16-13-18(25)7-9-21(16,2)19(20)8-10-22(17,23)3/h12,14,16-20,25-26H,4-11,13H2,1-3H3/b15-12+/t16-,17-,18-,19+,20-,21+,22-,23+/m1/s1. The van der Waals surface area contributed by atoms with E-state index in [4.69, 9.17) is 0 Å². The molecule has 4 aliphatic carbocycles. The van der Waals surface area contributed by atoms with Gasteiger partial charge >= 0.3 is 0 Å². The van der Waals surface area contributed by atoms with Gasteiger partial charge in [0.05, 0.1) is 11.7 Å². The molecule has 0 bridgehead atoms. The Balaban J connectivity index is 1.65. The van der Waals surface area contributed by atoms with Gasteiger partial charge in [-0.2, -0.15) is 0 Å². The van der Waals surface area contributed by atoms with Crippen molar-refractivity contribution in [2.24, 2.45) is 34.5 Å². The third-order valence-electron chi connectivity index (χ3n) is 9.55.